The average Bonchev–Trinajstić information content (AvgIpc) is 2.67. The van der Waals surface area contributed by atoms with Crippen molar-refractivity contribution in [3.8, 4) is 0 Å². The first-order valence-electron chi connectivity index (χ1n) is 7.97. The van der Waals surface area contributed by atoms with Crippen molar-refractivity contribution in [2.24, 2.45) is 0 Å². The highest BCUT2D eigenvalue weighted by Crippen LogP contribution is 2.18. The minimum Gasteiger partial charge on any atom is -0.322 e. The summed E-state index contributed by atoms with van der Waals surface area (Å²) in [5.74, 6) is -5.87. The maximum atomic E-state index is 13.3. The Hall–Kier alpha value is -3.68. The van der Waals surface area contributed by atoms with E-state index in [1.165, 1.54) is 36.4 Å². The number of nitrogens with one attached hydrogen (secondary N) is 2. The van der Waals surface area contributed by atoms with Gasteiger partial charge in [-0.1, -0.05) is 12.1 Å². The molecule has 4 nitrogen and oxygen atoms in total. The number of hydrogen-bond donors (Lipinski definition) is 2. The molecule has 0 fully saturated rings. The molecule has 0 saturated heterocycles. The van der Waals surface area contributed by atoms with Crippen LogP contribution in [0.4, 0.5) is 28.9 Å². The lowest BCUT2D eigenvalue weighted by Crippen LogP contribution is -2.20. The molecule has 2 N–H and O–H groups in total. The van der Waals surface area contributed by atoms with Crippen LogP contribution in [-0.4, -0.2) is 11.8 Å². The summed E-state index contributed by atoms with van der Waals surface area (Å²) in [6.45, 7) is 0. The van der Waals surface area contributed by atoms with Gasteiger partial charge < -0.3 is 10.6 Å². The second-order valence-electron chi connectivity index (χ2n) is 5.71. The van der Waals surface area contributed by atoms with E-state index in [0.717, 1.165) is 24.3 Å². The summed E-state index contributed by atoms with van der Waals surface area (Å²) in [6, 6.07) is 11.4. The van der Waals surface area contributed by atoms with Crippen LogP contribution in [0.1, 0.15) is 20.7 Å². The summed E-state index contributed by atoms with van der Waals surface area (Å²) in [5, 5.41) is 4.73. The number of rotatable bonds is 4. The summed E-state index contributed by atoms with van der Waals surface area (Å²) in [5.41, 5.74) is -0.0981. The smallest absolute Gasteiger partial charge is 0.256 e. The molecule has 28 heavy (non-hydrogen) atoms. The predicted octanol–water partition coefficient (Wildman–Crippen LogP) is 4.75. The maximum Gasteiger partial charge on any atom is 0.256 e. The van der Waals surface area contributed by atoms with Gasteiger partial charge in [0, 0.05) is 23.5 Å². The van der Waals surface area contributed by atoms with Gasteiger partial charge in [-0.2, -0.15) is 0 Å². The van der Waals surface area contributed by atoms with E-state index in [9.17, 15) is 27.2 Å². The monoisotopic (exact) mass is 388 g/mol. The molecule has 2 amide bonds. The molecule has 0 bridgehead atoms. The van der Waals surface area contributed by atoms with E-state index in [1.807, 2.05) is 0 Å². The molecule has 0 aliphatic carbocycles. The van der Waals surface area contributed by atoms with Crippen LogP contribution < -0.4 is 10.6 Å². The molecule has 0 unspecified atom stereocenters. The van der Waals surface area contributed by atoms with Crippen molar-refractivity contribution in [1.29, 1.82) is 0 Å². The molecule has 3 aromatic rings. The summed E-state index contributed by atoms with van der Waals surface area (Å²) in [7, 11) is 0. The molecule has 0 aromatic heterocycles. The normalized spacial score (nSPS) is 10.4. The van der Waals surface area contributed by atoms with Crippen molar-refractivity contribution in [3.05, 3.63) is 95.1 Å². The van der Waals surface area contributed by atoms with Gasteiger partial charge in [-0.15, -0.1) is 0 Å². The van der Waals surface area contributed by atoms with Crippen molar-refractivity contribution in [2.75, 3.05) is 10.6 Å². The Morgan fingerprint density at radius 1 is 0.571 bits per heavy atom. The third kappa shape index (κ3) is 4.17. The number of carbonyl (C=O) groups excluding carboxylic acids is 2. The summed E-state index contributed by atoms with van der Waals surface area (Å²) in [6.07, 6.45) is 0. The summed E-state index contributed by atoms with van der Waals surface area (Å²) >= 11 is 0. The van der Waals surface area contributed by atoms with Crippen molar-refractivity contribution in [2.45, 2.75) is 0 Å². The van der Waals surface area contributed by atoms with Gasteiger partial charge in [-0.05, 0) is 36.4 Å². The van der Waals surface area contributed by atoms with Gasteiger partial charge in [-0.25, -0.2) is 17.6 Å². The van der Waals surface area contributed by atoms with E-state index in [0.29, 0.717) is 0 Å². The number of benzene rings is 3. The van der Waals surface area contributed by atoms with Gasteiger partial charge in [0.2, 0.25) is 0 Å². The Morgan fingerprint density at radius 2 is 0.964 bits per heavy atom. The highest BCUT2D eigenvalue weighted by molar-refractivity contribution is 6.15. The molecular formula is C20H12F4N2O2. The second-order valence-corrected chi connectivity index (χ2v) is 5.71. The molecule has 8 heteroatoms. The molecule has 3 aromatic carbocycles. The van der Waals surface area contributed by atoms with E-state index in [-0.39, 0.29) is 22.5 Å². The van der Waals surface area contributed by atoms with Crippen molar-refractivity contribution in [1.82, 2.24) is 0 Å². The fourth-order valence-corrected chi connectivity index (χ4v) is 2.42. The van der Waals surface area contributed by atoms with Crippen LogP contribution in [-0.2, 0) is 0 Å². The van der Waals surface area contributed by atoms with Gasteiger partial charge in [0.25, 0.3) is 11.8 Å². The van der Waals surface area contributed by atoms with Gasteiger partial charge in [0.05, 0.1) is 11.1 Å². The molecule has 0 aliphatic heterocycles. The molecule has 0 spiro atoms. The topological polar surface area (TPSA) is 58.2 Å². The maximum absolute atomic E-state index is 13.3. The minimum atomic E-state index is -1.14. The fourth-order valence-electron chi connectivity index (χ4n) is 2.42. The SMILES string of the molecule is O=C(Nc1ccc(F)c(F)c1)c1ccccc1C(=O)Nc1ccc(F)c(F)c1. The van der Waals surface area contributed by atoms with Crippen LogP contribution in [0.25, 0.3) is 0 Å². The Balaban J connectivity index is 1.83. The van der Waals surface area contributed by atoms with E-state index < -0.39 is 35.1 Å². The van der Waals surface area contributed by atoms with Crippen molar-refractivity contribution >= 4 is 23.2 Å². The second kappa shape index (κ2) is 7.91. The molecule has 0 atom stereocenters. The molecule has 0 heterocycles. The molecule has 0 radical (unpaired) electrons. The third-order valence-electron chi connectivity index (χ3n) is 3.77. The van der Waals surface area contributed by atoms with Crippen LogP contribution in [0.5, 0.6) is 0 Å². The fraction of sp³-hybridized carbons (Fsp3) is 0. The number of anilines is 2. The Morgan fingerprint density at radius 3 is 1.32 bits per heavy atom. The molecule has 0 saturated carbocycles. The van der Waals surface area contributed by atoms with Crippen LogP contribution in [0.3, 0.4) is 0 Å². The number of hydrogen-bond acceptors (Lipinski definition) is 2. The number of carbonyl (C=O) groups is 2. The zero-order chi connectivity index (χ0) is 20.3. The highest BCUT2D eigenvalue weighted by Gasteiger charge is 2.18. The predicted molar refractivity (Wildman–Crippen MR) is 95.1 cm³/mol. The summed E-state index contributed by atoms with van der Waals surface area (Å²) < 4.78 is 52.6. The van der Waals surface area contributed by atoms with Gasteiger partial charge in [0.1, 0.15) is 0 Å². The van der Waals surface area contributed by atoms with Crippen molar-refractivity contribution in [3.63, 3.8) is 0 Å². The van der Waals surface area contributed by atoms with E-state index in [2.05, 4.69) is 10.6 Å². The third-order valence-corrected chi connectivity index (χ3v) is 3.77. The summed E-state index contributed by atoms with van der Waals surface area (Å²) in [4.78, 5) is 24.9. The van der Waals surface area contributed by atoms with Crippen LogP contribution in [0, 0.1) is 23.3 Å². The minimum absolute atomic E-state index is 0.000262. The molecule has 3 rings (SSSR count). The van der Waals surface area contributed by atoms with Gasteiger partial charge in [-0.3, -0.25) is 9.59 Å². The number of halogens is 4. The largest absolute Gasteiger partial charge is 0.322 e. The standard InChI is InChI=1S/C20H12F4N2O2/c21-15-7-5-11(9-17(15)23)25-19(27)13-3-1-2-4-14(13)20(28)26-12-6-8-16(22)18(24)10-12/h1-10H,(H,25,27)(H,26,28). The lowest BCUT2D eigenvalue weighted by molar-refractivity contribution is 0.0990. The quantitative estimate of drug-likeness (QED) is 0.634. The Kier molecular flexibility index (Phi) is 5.39. The first-order chi connectivity index (χ1) is 13.3. The first-order valence-corrected chi connectivity index (χ1v) is 7.97. The van der Waals surface area contributed by atoms with Gasteiger partial charge >= 0.3 is 0 Å². The molecule has 142 valence electrons. The average molecular weight is 388 g/mol. The molecular weight excluding hydrogens is 376 g/mol. The zero-order valence-electron chi connectivity index (χ0n) is 14.1. The lowest BCUT2D eigenvalue weighted by Gasteiger charge is -2.11. The van der Waals surface area contributed by atoms with E-state index in [4.69, 9.17) is 0 Å². The van der Waals surface area contributed by atoms with Crippen LogP contribution >= 0.6 is 0 Å². The number of amides is 2. The molecule has 0 aliphatic rings. The van der Waals surface area contributed by atoms with Gasteiger partial charge in [0.15, 0.2) is 23.3 Å². The van der Waals surface area contributed by atoms with Crippen molar-refractivity contribution < 1.29 is 27.2 Å². The van der Waals surface area contributed by atoms with E-state index >= 15 is 0 Å². The first kappa shape index (κ1) is 19.1. The van der Waals surface area contributed by atoms with E-state index in [1.54, 1.807) is 0 Å². The zero-order valence-corrected chi connectivity index (χ0v) is 14.1. The highest BCUT2D eigenvalue weighted by atomic mass is 19.2. The van der Waals surface area contributed by atoms with Crippen LogP contribution in [0.15, 0.2) is 60.7 Å². The van der Waals surface area contributed by atoms with Crippen LogP contribution in [0.2, 0.25) is 0 Å². The Bertz CT molecular complexity index is 985. The lowest BCUT2D eigenvalue weighted by atomic mass is 10.1. The Labute approximate surface area is 156 Å².